The first-order chi connectivity index (χ1) is 13.5. The summed E-state index contributed by atoms with van der Waals surface area (Å²) in [6.07, 6.45) is 0. The van der Waals surface area contributed by atoms with E-state index in [0.717, 1.165) is 38.4 Å². The van der Waals surface area contributed by atoms with Crippen LogP contribution < -0.4 is 15.0 Å². The van der Waals surface area contributed by atoms with Gasteiger partial charge in [0.25, 0.3) is 5.91 Å². The van der Waals surface area contributed by atoms with E-state index in [0.29, 0.717) is 15.8 Å². The fourth-order valence-corrected chi connectivity index (χ4v) is 3.64. The summed E-state index contributed by atoms with van der Waals surface area (Å²) in [4.78, 5) is 14.0. The zero-order valence-corrected chi connectivity index (χ0v) is 17.4. The molecule has 2 aromatic rings. The first kappa shape index (κ1) is 20.9. The molecule has 0 aliphatic carbocycles. The molecule has 1 aliphatic heterocycles. The van der Waals surface area contributed by atoms with E-state index in [2.05, 4.69) is 29.6 Å². The van der Waals surface area contributed by atoms with E-state index in [-0.39, 0.29) is 18.6 Å². The Bertz CT molecular complexity index is 793. The number of morpholine rings is 1. The number of benzene rings is 2. The van der Waals surface area contributed by atoms with Crippen LogP contribution in [0.4, 0.5) is 0 Å². The van der Waals surface area contributed by atoms with Gasteiger partial charge in [0.2, 0.25) is 0 Å². The van der Waals surface area contributed by atoms with Gasteiger partial charge in [-0.25, -0.2) is 0 Å². The van der Waals surface area contributed by atoms with E-state index in [4.69, 9.17) is 32.7 Å². The molecule has 1 heterocycles. The molecule has 0 unspecified atom stereocenters. The lowest BCUT2D eigenvalue weighted by Crippen LogP contribution is -3.14. The van der Waals surface area contributed by atoms with Crippen LogP contribution in [-0.4, -0.2) is 45.4 Å². The Morgan fingerprint density at radius 2 is 1.89 bits per heavy atom. The van der Waals surface area contributed by atoms with Crippen LogP contribution >= 0.6 is 23.2 Å². The number of ether oxygens (including phenoxy) is 2. The lowest BCUT2D eigenvalue weighted by Gasteiger charge is -2.28. The lowest BCUT2D eigenvalue weighted by atomic mass is 10.0. The van der Waals surface area contributed by atoms with Crippen LogP contribution in [0.1, 0.15) is 17.2 Å². The van der Waals surface area contributed by atoms with E-state index < -0.39 is 0 Å². The molecule has 1 fully saturated rings. The molecule has 1 aliphatic rings. The molecule has 0 saturated carbocycles. The summed E-state index contributed by atoms with van der Waals surface area (Å²) in [5.41, 5.74) is 2.27. The van der Waals surface area contributed by atoms with Crippen molar-refractivity contribution in [2.75, 3.05) is 39.5 Å². The third kappa shape index (κ3) is 6.11. The number of hydrogen-bond acceptors (Lipinski definition) is 3. The van der Waals surface area contributed by atoms with Crippen molar-refractivity contribution >= 4 is 29.1 Å². The predicted octanol–water partition coefficient (Wildman–Crippen LogP) is 2.45. The van der Waals surface area contributed by atoms with Crippen LogP contribution in [0.15, 0.2) is 42.5 Å². The van der Waals surface area contributed by atoms with Gasteiger partial charge in [-0.15, -0.1) is 0 Å². The molecule has 0 spiro atoms. The van der Waals surface area contributed by atoms with Gasteiger partial charge in [-0.2, -0.15) is 0 Å². The number of hydrogen-bond donors (Lipinski definition) is 2. The molecule has 1 atom stereocenters. The second kappa shape index (κ2) is 10.1. The number of quaternary nitrogens is 1. The maximum absolute atomic E-state index is 12.5. The molecular formula is C21H25Cl2N2O3+. The average molecular weight is 424 g/mol. The number of halogens is 2. The number of amides is 1. The highest BCUT2D eigenvalue weighted by atomic mass is 35.5. The molecule has 0 radical (unpaired) electrons. The van der Waals surface area contributed by atoms with E-state index in [1.807, 2.05) is 6.92 Å². The average Bonchev–Trinajstić information content (AvgIpc) is 2.68. The summed E-state index contributed by atoms with van der Waals surface area (Å²) in [6, 6.07) is 13.1. The zero-order valence-electron chi connectivity index (χ0n) is 15.8. The second-order valence-electron chi connectivity index (χ2n) is 6.96. The van der Waals surface area contributed by atoms with Gasteiger partial charge >= 0.3 is 0 Å². The molecule has 7 heteroatoms. The Kier molecular flexibility index (Phi) is 7.57. The molecule has 5 nitrogen and oxygen atoms in total. The van der Waals surface area contributed by atoms with Gasteiger partial charge in [-0.3, -0.25) is 4.79 Å². The molecule has 0 aromatic heterocycles. The largest absolute Gasteiger partial charge is 0.482 e. The summed E-state index contributed by atoms with van der Waals surface area (Å²) >= 11 is 12.0. The Morgan fingerprint density at radius 3 is 2.57 bits per heavy atom. The second-order valence-corrected chi connectivity index (χ2v) is 7.80. The molecular weight excluding hydrogens is 399 g/mol. The Hall–Kier alpha value is -1.79. The fraction of sp³-hybridized carbons (Fsp3) is 0.381. The van der Waals surface area contributed by atoms with Crippen molar-refractivity contribution in [3.8, 4) is 5.75 Å². The van der Waals surface area contributed by atoms with Crippen molar-refractivity contribution in [2.24, 2.45) is 0 Å². The minimum absolute atomic E-state index is 0.0921. The lowest BCUT2D eigenvalue weighted by molar-refractivity contribution is -0.909. The summed E-state index contributed by atoms with van der Waals surface area (Å²) in [5.74, 6) is 0.246. The van der Waals surface area contributed by atoms with E-state index in [1.54, 1.807) is 18.2 Å². The molecule has 1 saturated heterocycles. The normalized spacial score (nSPS) is 15.8. The SMILES string of the molecule is Cc1ccc([C@@H](C[NH+]2CCOCC2)NC(=O)COc2ccc(Cl)cc2Cl)cc1. The number of rotatable bonds is 7. The maximum atomic E-state index is 12.5. The topological polar surface area (TPSA) is 52.0 Å². The van der Waals surface area contributed by atoms with Gasteiger partial charge < -0.3 is 19.7 Å². The standard InChI is InChI=1S/C21H24Cl2N2O3/c1-15-2-4-16(5-3-15)19(13-25-8-10-27-11-9-25)24-21(26)14-28-20-7-6-17(22)12-18(20)23/h2-7,12,19H,8-11,13-14H2,1H3,(H,24,26)/p+1/t19-/m1/s1. The Labute approximate surface area is 175 Å². The van der Waals surface area contributed by atoms with Gasteiger partial charge in [0.15, 0.2) is 6.61 Å². The first-order valence-corrected chi connectivity index (χ1v) is 10.1. The van der Waals surface area contributed by atoms with Crippen LogP contribution in [0, 0.1) is 6.92 Å². The first-order valence-electron chi connectivity index (χ1n) is 9.36. The van der Waals surface area contributed by atoms with Gasteiger partial charge in [0.05, 0.1) is 18.2 Å². The third-order valence-corrected chi connectivity index (χ3v) is 5.29. The summed E-state index contributed by atoms with van der Waals surface area (Å²) in [7, 11) is 0. The van der Waals surface area contributed by atoms with Crippen molar-refractivity contribution in [3.63, 3.8) is 0 Å². The van der Waals surface area contributed by atoms with Crippen molar-refractivity contribution in [1.29, 1.82) is 0 Å². The summed E-state index contributed by atoms with van der Waals surface area (Å²) in [5, 5.41) is 4.01. The smallest absolute Gasteiger partial charge is 0.258 e. The predicted molar refractivity (Wildman–Crippen MR) is 110 cm³/mol. The van der Waals surface area contributed by atoms with E-state index >= 15 is 0 Å². The molecule has 1 amide bonds. The molecule has 0 bridgehead atoms. The molecule has 3 rings (SSSR count). The van der Waals surface area contributed by atoms with Crippen LogP contribution in [0.5, 0.6) is 5.75 Å². The van der Waals surface area contributed by atoms with Crippen molar-refractivity contribution < 1.29 is 19.2 Å². The van der Waals surface area contributed by atoms with E-state index in [9.17, 15) is 4.79 Å². The highest BCUT2D eigenvalue weighted by Gasteiger charge is 2.23. The number of carbonyl (C=O) groups excluding carboxylic acids is 1. The number of nitrogens with one attached hydrogen (secondary N) is 2. The summed E-state index contributed by atoms with van der Waals surface area (Å²) < 4.78 is 11.0. The van der Waals surface area contributed by atoms with E-state index in [1.165, 1.54) is 10.5 Å². The molecule has 28 heavy (non-hydrogen) atoms. The summed E-state index contributed by atoms with van der Waals surface area (Å²) in [6.45, 7) is 6.13. The van der Waals surface area contributed by atoms with Gasteiger partial charge in [0, 0.05) is 5.02 Å². The third-order valence-electron chi connectivity index (χ3n) is 4.76. The molecule has 150 valence electrons. The van der Waals surface area contributed by atoms with Crippen LogP contribution in [0.3, 0.4) is 0 Å². The highest BCUT2D eigenvalue weighted by Crippen LogP contribution is 2.27. The van der Waals surface area contributed by atoms with Gasteiger partial charge in [-0.1, -0.05) is 53.0 Å². The monoisotopic (exact) mass is 423 g/mol. The quantitative estimate of drug-likeness (QED) is 0.718. The Balaban J connectivity index is 1.63. The Morgan fingerprint density at radius 1 is 1.18 bits per heavy atom. The van der Waals surface area contributed by atoms with Crippen molar-refractivity contribution in [2.45, 2.75) is 13.0 Å². The number of carbonyl (C=O) groups is 1. The van der Waals surface area contributed by atoms with Crippen LogP contribution in [0.25, 0.3) is 0 Å². The zero-order chi connectivity index (χ0) is 19.9. The number of aryl methyl sites for hydroxylation is 1. The van der Waals surface area contributed by atoms with Crippen LogP contribution in [0.2, 0.25) is 10.0 Å². The molecule has 2 aromatic carbocycles. The minimum Gasteiger partial charge on any atom is -0.482 e. The van der Waals surface area contributed by atoms with Crippen molar-refractivity contribution in [3.05, 3.63) is 63.6 Å². The van der Waals surface area contributed by atoms with Gasteiger partial charge in [0.1, 0.15) is 31.4 Å². The fourth-order valence-electron chi connectivity index (χ4n) is 3.18. The van der Waals surface area contributed by atoms with Gasteiger partial charge in [-0.05, 0) is 30.7 Å². The minimum atomic E-state index is -0.191. The molecule has 2 N–H and O–H groups in total. The van der Waals surface area contributed by atoms with Crippen LogP contribution in [-0.2, 0) is 9.53 Å². The van der Waals surface area contributed by atoms with Crippen molar-refractivity contribution in [1.82, 2.24) is 5.32 Å². The highest BCUT2D eigenvalue weighted by molar-refractivity contribution is 6.35. The maximum Gasteiger partial charge on any atom is 0.258 e.